The van der Waals surface area contributed by atoms with Gasteiger partial charge in [0.05, 0.1) is 10.5 Å². The molecule has 1 N–H and O–H groups in total. The van der Waals surface area contributed by atoms with Crippen LogP contribution in [0.5, 0.6) is 0 Å². The number of amides is 1. The fourth-order valence-electron chi connectivity index (χ4n) is 1.77. The molecule has 0 aliphatic heterocycles. The Bertz CT molecular complexity index is 734. The number of aryl methyl sites for hydroxylation is 1. The first-order valence-corrected chi connectivity index (χ1v) is 6.28. The number of nitrogens with zero attached hydrogens (tertiary/aromatic N) is 1. The van der Waals surface area contributed by atoms with Crippen LogP contribution in [0.3, 0.4) is 0 Å². The minimum atomic E-state index is -0.762. The molecule has 1 amide bonds. The van der Waals surface area contributed by atoms with Crippen molar-refractivity contribution >= 4 is 28.9 Å². The molecule has 2 aromatic carbocycles. The number of benzene rings is 2. The number of nitrogens with one attached hydrogen (secondary N) is 1. The summed E-state index contributed by atoms with van der Waals surface area (Å²) in [6, 6.07) is 8.17. The Labute approximate surface area is 124 Å². The molecule has 0 spiro atoms. The molecule has 0 fully saturated rings. The Morgan fingerprint density at radius 1 is 1.33 bits per heavy atom. The van der Waals surface area contributed by atoms with Crippen LogP contribution in [-0.2, 0) is 0 Å². The van der Waals surface area contributed by atoms with E-state index < -0.39 is 16.6 Å². The van der Waals surface area contributed by atoms with E-state index in [9.17, 15) is 19.3 Å². The van der Waals surface area contributed by atoms with E-state index in [-0.39, 0.29) is 22.0 Å². The van der Waals surface area contributed by atoms with Gasteiger partial charge in [0.25, 0.3) is 11.6 Å². The highest BCUT2D eigenvalue weighted by Crippen LogP contribution is 2.28. The Kier molecular flexibility index (Phi) is 4.18. The van der Waals surface area contributed by atoms with E-state index in [1.807, 2.05) is 0 Å². The van der Waals surface area contributed by atoms with Crippen molar-refractivity contribution in [1.82, 2.24) is 0 Å². The van der Waals surface area contributed by atoms with E-state index in [0.717, 1.165) is 6.07 Å². The quantitative estimate of drug-likeness (QED) is 0.689. The molecule has 21 heavy (non-hydrogen) atoms. The average molecular weight is 309 g/mol. The number of hydrogen-bond donors (Lipinski definition) is 1. The zero-order chi connectivity index (χ0) is 15.6. The van der Waals surface area contributed by atoms with Gasteiger partial charge in [-0.05, 0) is 30.7 Å². The second-order valence-electron chi connectivity index (χ2n) is 4.31. The van der Waals surface area contributed by atoms with Crippen LogP contribution < -0.4 is 5.32 Å². The lowest BCUT2D eigenvalue weighted by molar-refractivity contribution is -0.383. The number of nitro groups is 1. The molecular weight excluding hydrogens is 299 g/mol. The van der Waals surface area contributed by atoms with Crippen LogP contribution in [0.2, 0.25) is 5.02 Å². The van der Waals surface area contributed by atoms with Gasteiger partial charge in [-0.2, -0.15) is 0 Å². The molecular formula is C14H10ClFN2O3. The maximum absolute atomic E-state index is 13.9. The van der Waals surface area contributed by atoms with E-state index in [1.54, 1.807) is 0 Å². The van der Waals surface area contributed by atoms with E-state index in [1.165, 1.54) is 37.3 Å². The van der Waals surface area contributed by atoms with E-state index in [2.05, 4.69) is 5.32 Å². The summed E-state index contributed by atoms with van der Waals surface area (Å²) < 4.78 is 13.9. The number of carbonyl (C=O) groups excluding carboxylic acids is 1. The molecule has 2 aromatic rings. The summed E-state index contributed by atoms with van der Waals surface area (Å²) in [5.41, 5.74) is -0.272. The van der Waals surface area contributed by atoms with Crippen molar-refractivity contribution in [2.45, 2.75) is 6.92 Å². The molecule has 0 aliphatic carbocycles. The van der Waals surface area contributed by atoms with Crippen molar-refractivity contribution in [3.05, 3.63) is 68.5 Å². The summed E-state index contributed by atoms with van der Waals surface area (Å²) >= 11 is 5.68. The van der Waals surface area contributed by atoms with Crippen LogP contribution >= 0.6 is 11.6 Å². The third kappa shape index (κ3) is 3.17. The molecule has 2 rings (SSSR count). The topological polar surface area (TPSA) is 72.2 Å². The minimum absolute atomic E-state index is 0.0460. The van der Waals surface area contributed by atoms with Gasteiger partial charge in [0.1, 0.15) is 11.5 Å². The van der Waals surface area contributed by atoms with Crippen molar-refractivity contribution in [2.24, 2.45) is 0 Å². The molecule has 0 aromatic heterocycles. The highest BCUT2D eigenvalue weighted by Gasteiger charge is 2.19. The molecule has 0 saturated carbocycles. The summed E-state index contributed by atoms with van der Waals surface area (Å²) in [7, 11) is 0. The normalized spacial score (nSPS) is 10.2. The summed E-state index contributed by atoms with van der Waals surface area (Å²) in [4.78, 5) is 22.3. The Balaban J connectivity index is 2.36. The average Bonchev–Trinajstić information content (AvgIpc) is 2.43. The molecule has 0 radical (unpaired) electrons. The minimum Gasteiger partial charge on any atom is -0.316 e. The first-order valence-electron chi connectivity index (χ1n) is 5.90. The first kappa shape index (κ1) is 14.9. The standard InChI is InChI=1S/C14H10ClFN2O3/c1-8-3-2-4-10(13(8)16)14(19)17-11-6-5-9(15)7-12(11)18(20)21/h2-7H,1H3,(H,17,19). The van der Waals surface area contributed by atoms with Gasteiger partial charge in [-0.1, -0.05) is 23.7 Å². The predicted octanol–water partition coefficient (Wildman–Crippen LogP) is 3.95. The highest BCUT2D eigenvalue weighted by atomic mass is 35.5. The van der Waals surface area contributed by atoms with Crippen LogP contribution in [0, 0.1) is 22.9 Å². The first-order chi connectivity index (χ1) is 9.90. The molecule has 108 valence electrons. The maximum atomic E-state index is 13.9. The highest BCUT2D eigenvalue weighted by molar-refractivity contribution is 6.31. The molecule has 0 atom stereocenters. The van der Waals surface area contributed by atoms with Gasteiger partial charge >= 0.3 is 0 Å². The molecule has 5 nitrogen and oxygen atoms in total. The largest absolute Gasteiger partial charge is 0.316 e. The third-order valence-electron chi connectivity index (χ3n) is 2.84. The summed E-state index contributed by atoms with van der Waals surface area (Å²) in [5.74, 6) is -1.42. The maximum Gasteiger partial charge on any atom is 0.294 e. The lowest BCUT2D eigenvalue weighted by Crippen LogP contribution is -2.15. The van der Waals surface area contributed by atoms with Gasteiger partial charge in [-0.25, -0.2) is 4.39 Å². The summed E-state index contributed by atoms with van der Waals surface area (Å²) in [6.45, 7) is 1.52. The van der Waals surface area contributed by atoms with Crippen LogP contribution in [0.4, 0.5) is 15.8 Å². The van der Waals surface area contributed by atoms with Gasteiger partial charge in [-0.3, -0.25) is 14.9 Å². The predicted molar refractivity (Wildman–Crippen MR) is 77.2 cm³/mol. The second kappa shape index (κ2) is 5.88. The summed E-state index contributed by atoms with van der Waals surface area (Å²) in [5, 5.41) is 13.4. The van der Waals surface area contributed by atoms with Crippen molar-refractivity contribution in [3.8, 4) is 0 Å². The van der Waals surface area contributed by atoms with E-state index in [0.29, 0.717) is 5.56 Å². The van der Waals surface area contributed by atoms with Crippen molar-refractivity contribution in [1.29, 1.82) is 0 Å². The zero-order valence-electron chi connectivity index (χ0n) is 10.9. The van der Waals surface area contributed by atoms with Crippen molar-refractivity contribution in [3.63, 3.8) is 0 Å². The van der Waals surface area contributed by atoms with Crippen LogP contribution in [0.25, 0.3) is 0 Å². The number of carbonyl (C=O) groups is 1. The Hall–Kier alpha value is -2.47. The second-order valence-corrected chi connectivity index (χ2v) is 4.75. The van der Waals surface area contributed by atoms with Crippen LogP contribution in [0.15, 0.2) is 36.4 Å². The molecule has 7 heteroatoms. The van der Waals surface area contributed by atoms with E-state index >= 15 is 0 Å². The number of anilines is 1. The SMILES string of the molecule is Cc1cccc(C(=O)Nc2ccc(Cl)cc2[N+](=O)[O-])c1F. The lowest BCUT2D eigenvalue weighted by Gasteiger charge is -2.08. The van der Waals surface area contributed by atoms with Crippen molar-refractivity contribution in [2.75, 3.05) is 5.32 Å². The third-order valence-corrected chi connectivity index (χ3v) is 3.08. The van der Waals surface area contributed by atoms with Gasteiger partial charge in [0.2, 0.25) is 0 Å². The number of halogens is 2. The summed E-state index contributed by atoms with van der Waals surface area (Å²) in [6.07, 6.45) is 0. The van der Waals surface area contributed by atoms with Gasteiger partial charge in [0, 0.05) is 11.1 Å². The van der Waals surface area contributed by atoms with Crippen molar-refractivity contribution < 1.29 is 14.1 Å². The molecule has 0 saturated heterocycles. The smallest absolute Gasteiger partial charge is 0.294 e. The number of nitro benzene ring substituents is 1. The monoisotopic (exact) mass is 308 g/mol. The molecule has 0 aliphatic rings. The van der Waals surface area contributed by atoms with Crippen LogP contribution in [-0.4, -0.2) is 10.8 Å². The van der Waals surface area contributed by atoms with Gasteiger partial charge < -0.3 is 5.32 Å². The fourth-order valence-corrected chi connectivity index (χ4v) is 1.94. The fraction of sp³-hybridized carbons (Fsp3) is 0.0714. The molecule has 0 unspecified atom stereocenters. The van der Waals surface area contributed by atoms with Gasteiger partial charge in [-0.15, -0.1) is 0 Å². The Morgan fingerprint density at radius 2 is 2.05 bits per heavy atom. The molecule has 0 heterocycles. The number of hydrogen-bond acceptors (Lipinski definition) is 3. The number of rotatable bonds is 3. The van der Waals surface area contributed by atoms with E-state index in [4.69, 9.17) is 11.6 Å². The molecule has 0 bridgehead atoms. The lowest BCUT2D eigenvalue weighted by atomic mass is 10.1. The van der Waals surface area contributed by atoms with Gasteiger partial charge in [0.15, 0.2) is 0 Å². The zero-order valence-corrected chi connectivity index (χ0v) is 11.6. The Morgan fingerprint density at radius 3 is 2.71 bits per heavy atom. The van der Waals surface area contributed by atoms with Crippen LogP contribution in [0.1, 0.15) is 15.9 Å².